The molecule has 3 nitrogen and oxygen atoms in total. The molecular formula is C10H15BrN2O. The van der Waals surface area contributed by atoms with Gasteiger partial charge in [-0.25, -0.2) is 0 Å². The summed E-state index contributed by atoms with van der Waals surface area (Å²) in [4.78, 5) is 11.5. The second-order valence-electron chi connectivity index (χ2n) is 3.51. The lowest BCUT2D eigenvalue weighted by Gasteiger charge is -2.07. The first kappa shape index (κ1) is 11.5. The maximum atomic E-state index is 11.5. The first-order chi connectivity index (χ1) is 6.56. The van der Waals surface area contributed by atoms with Crippen LogP contribution in [-0.4, -0.2) is 23.9 Å². The molecule has 0 bridgehead atoms. The Morgan fingerprint density at radius 2 is 2.29 bits per heavy atom. The van der Waals surface area contributed by atoms with Gasteiger partial charge in [-0.3, -0.25) is 4.79 Å². The Balaban J connectivity index is 2.90. The van der Waals surface area contributed by atoms with E-state index in [2.05, 4.69) is 35.1 Å². The molecule has 0 saturated heterocycles. The Hall–Kier alpha value is -0.610. The number of aromatic nitrogens is 1. The molecule has 1 N–H and O–H groups in total. The summed E-state index contributed by atoms with van der Waals surface area (Å²) >= 11 is 3.43. The van der Waals surface area contributed by atoms with E-state index in [1.165, 1.54) is 0 Å². The van der Waals surface area contributed by atoms with Crippen LogP contribution in [0.4, 0.5) is 0 Å². The van der Waals surface area contributed by atoms with Crippen molar-refractivity contribution in [3.05, 3.63) is 22.4 Å². The van der Waals surface area contributed by atoms with Crippen molar-refractivity contribution >= 4 is 21.7 Å². The fraction of sp³-hybridized carbons (Fsp3) is 0.500. The van der Waals surface area contributed by atoms with Gasteiger partial charge < -0.3 is 9.88 Å². The van der Waals surface area contributed by atoms with E-state index in [0.29, 0.717) is 12.6 Å². The van der Waals surface area contributed by atoms with Crippen molar-refractivity contribution in [2.45, 2.75) is 19.9 Å². The number of hydrogen-bond donors (Lipinski definition) is 1. The van der Waals surface area contributed by atoms with E-state index in [4.69, 9.17) is 0 Å². The van der Waals surface area contributed by atoms with E-state index in [0.717, 1.165) is 10.2 Å². The minimum atomic E-state index is 0.118. The highest BCUT2D eigenvalue weighted by Crippen LogP contribution is 2.20. The van der Waals surface area contributed by atoms with Gasteiger partial charge in [0, 0.05) is 17.8 Å². The van der Waals surface area contributed by atoms with Crippen molar-refractivity contribution in [3.63, 3.8) is 0 Å². The molecule has 0 aliphatic rings. The molecule has 1 aromatic heterocycles. The van der Waals surface area contributed by atoms with Gasteiger partial charge in [0.1, 0.15) is 0 Å². The van der Waals surface area contributed by atoms with Crippen molar-refractivity contribution in [2.75, 3.05) is 13.6 Å². The molecule has 0 spiro atoms. The number of halogens is 1. The molecule has 1 aromatic rings. The predicted molar refractivity (Wildman–Crippen MR) is 60.8 cm³/mol. The summed E-state index contributed by atoms with van der Waals surface area (Å²) in [5.74, 6) is 0.118. The van der Waals surface area contributed by atoms with E-state index >= 15 is 0 Å². The maximum absolute atomic E-state index is 11.5. The second-order valence-corrected chi connectivity index (χ2v) is 4.32. The van der Waals surface area contributed by atoms with Gasteiger partial charge in [0.25, 0.3) is 0 Å². The Morgan fingerprint density at radius 3 is 2.71 bits per heavy atom. The van der Waals surface area contributed by atoms with E-state index in [9.17, 15) is 4.79 Å². The molecule has 0 aliphatic carbocycles. The highest BCUT2D eigenvalue weighted by Gasteiger charge is 2.11. The van der Waals surface area contributed by atoms with Crippen LogP contribution in [-0.2, 0) is 0 Å². The zero-order chi connectivity index (χ0) is 10.7. The van der Waals surface area contributed by atoms with Crippen molar-refractivity contribution in [1.82, 2.24) is 9.88 Å². The zero-order valence-corrected chi connectivity index (χ0v) is 10.3. The van der Waals surface area contributed by atoms with Crippen LogP contribution >= 0.6 is 15.9 Å². The largest absolute Gasteiger partial charge is 0.339 e. The molecule has 0 aliphatic heterocycles. The number of ketones is 1. The maximum Gasteiger partial charge on any atom is 0.178 e. The molecule has 0 aromatic carbocycles. The third kappa shape index (κ3) is 2.45. The molecule has 1 rings (SSSR count). The highest BCUT2D eigenvalue weighted by molar-refractivity contribution is 9.10. The van der Waals surface area contributed by atoms with Crippen LogP contribution in [0.15, 0.2) is 16.9 Å². The Morgan fingerprint density at radius 1 is 1.64 bits per heavy atom. The standard InChI is InChI=1S/C10H15BrN2O/c1-7(2)13-6-8(4-10(13)11)9(14)5-12-3/h4,6-7,12H,5H2,1-3H3. The molecule has 1 heterocycles. The lowest BCUT2D eigenvalue weighted by atomic mass is 10.2. The minimum Gasteiger partial charge on any atom is -0.339 e. The molecule has 78 valence electrons. The van der Waals surface area contributed by atoms with Gasteiger partial charge in [-0.1, -0.05) is 0 Å². The van der Waals surface area contributed by atoms with E-state index in [-0.39, 0.29) is 5.78 Å². The number of carbonyl (C=O) groups excluding carboxylic acids is 1. The molecule has 0 saturated carbocycles. The van der Waals surface area contributed by atoms with Gasteiger partial charge >= 0.3 is 0 Å². The lowest BCUT2D eigenvalue weighted by Crippen LogP contribution is -2.18. The highest BCUT2D eigenvalue weighted by atomic mass is 79.9. The van der Waals surface area contributed by atoms with Crippen molar-refractivity contribution in [2.24, 2.45) is 0 Å². The van der Waals surface area contributed by atoms with Crippen molar-refractivity contribution < 1.29 is 4.79 Å². The van der Waals surface area contributed by atoms with E-state index in [1.54, 1.807) is 7.05 Å². The van der Waals surface area contributed by atoms with Crippen LogP contribution in [0.5, 0.6) is 0 Å². The van der Waals surface area contributed by atoms with Crippen molar-refractivity contribution in [3.8, 4) is 0 Å². The molecule has 0 amide bonds. The van der Waals surface area contributed by atoms with Gasteiger partial charge in [0.05, 0.1) is 11.1 Å². The fourth-order valence-corrected chi connectivity index (χ4v) is 2.02. The molecule has 4 heteroatoms. The summed E-state index contributed by atoms with van der Waals surface area (Å²) in [6.07, 6.45) is 1.88. The second kappa shape index (κ2) is 4.75. The average molecular weight is 259 g/mol. The molecule has 0 atom stereocenters. The summed E-state index contributed by atoms with van der Waals surface area (Å²) in [7, 11) is 1.77. The van der Waals surface area contributed by atoms with Crippen LogP contribution in [0.3, 0.4) is 0 Å². The van der Waals surface area contributed by atoms with Gasteiger partial charge in [-0.2, -0.15) is 0 Å². The topological polar surface area (TPSA) is 34.0 Å². The van der Waals surface area contributed by atoms with Gasteiger partial charge in [-0.15, -0.1) is 0 Å². The summed E-state index contributed by atoms with van der Waals surface area (Å²) in [5, 5.41) is 2.85. The lowest BCUT2D eigenvalue weighted by molar-refractivity contribution is 0.0993. The number of hydrogen-bond acceptors (Lipinski definition) is 2. The number of carbonyl (C=O) groups is 1. The Bertz CT molecular complexity index is 331. The Kier molecular flexibility index (Phi) is 3.89. The normalized spacial score (nSPS) is 10.9. The summed E-state index contributed by atoms with van der Waals surface area (Å²) in [6.45, 7) is 4.54. The predicted octanol–water partition coefficient (Wildman–Crippen LogP) is 2.23. The number of Topliss-reactive ketones (excluding diaryl/α,β-unsaturated/α-hetero) is 1. The molecule has 0 fully saturated rings. The number of rotatable bonds is 4. The quantitative estimate of drug-likeness (QED) is 0.841. The molecule has 0 unspecified atom stereocenters. The molecular weight excluding hydrogens is 244 g/mol. The van der Waals surface area contributed by atoms with Crippen LogP contribution in [0, 0.1) is 0 Å². The summed E-state index contributed by atoms with van der Waals surface area (Å²) in [6, 6.07) is 2.22. The smallest absolute Gasteiger partial charge is 0.178 e. The number of nitrogens with one attached hydrogen (secondary N) is 1. The van der Waals surface area contributed by atoms with Crippen LogP contribution in [0.2, 0.25) is 0 Å². The van der Waals surface area contributed by atoms with Crippen LogP contribution < -0.4 is 5.32 Å². The monoisotopic (exact) mass is 258 g/mol. The zero-order valence-electron chi connectivity index (χ0n) is 8.67. The minimum absolute atomic E-state index is 0.118. The fourth-order valence-electron chi connectivity index (χ4n) is 1.26. The molecule has 0 radical (unpaired) electrons. The van der Waals surface area contributed by atoms with Crippen molar-refractivity contribution in [1.29, 1.82) is 0 Å². The number of nitrogens with zero attached hydrogens (tertiary/aromatic N) is 1. The van der Waals surface area contributed by atoms with Crippen LogP contribution in [0.25, 0.3) is 0 Å². The third-order valence-corrected chi connectivity index (χ3v) is 2.65. The van der Waals surface area contributed by atoms with Gasteiger partial charge in [0.2, 0.25) is 0 Å². The average Bonchev–Trinajstić information content (AvgIpc) is 2.48. The van der Waals surface area contributed by atoms with Crippen LogP contribution in [0.1, 0.15) is 30.2 Å². The van der Waals surface area contributed by atoms with E-state index < -0.39 is 0 Å². The number of likely N-dealkylation sites (N-methyl/N-ethyl adjacent to an activating group) is 1. The van der Waals surface area contributed by atoms with Gasteiger partial charge in [-0.05, 0) is 42.9 Å². The summed E-state index contributed by atoms with van der Waals surface area (Å²) < 4.78 is 2.98. The SMILES string of the molecule is CNCC(=O)c1cc(Br)n(C(C)C)c1. The molecule has 14 heavy (non-hydrogen) atoms. The Labute approximate surface area is 92.6 Å². The third-order valence-electron chi connectivity index (χ3n) is 2.02. The first-order valence-electron chi connectivity index (χ1n) is 4.61. The first-order valence-corrected chi connectivity index (χ1v) is 5.40. The van der Waals surface area contributed by atoms with Gasteiger partial charge in [0.15, 0.2) is 5.78 Å². The summed E-state index contributed by atoms with van der Waals surface area (Å²) in [5.41, 5.74) is 0.750. The van der Waals surface area contributed by atoms with E-state index in [1.807, 2.05) is 16.8 Å².